The molecule has 0 fully saturated rings. The van der Waals surface area contributed by atoms with Crippen LogP contribution in [0.3, 0.4) is 0 Å². The van der Waals surface area contributed by atoms with Crippen molar-refractivity contribution in [3.8, 4) is 23.0 Å². The number of oxazole rings is 1. The maximum absolute atomic E-state index is 12.5. The fraction of sp³-hybridized carbons (Fsp3) is 0.0357. The van der Waals surface area contributed by atoms with Gasteiger partial charge in [-0.05, 0) is 72.6 Å². The van der Waals surface area contributed by atoms with Gasteiger partial charge in [0.05, 0.1) is 21.8 Å². The average Bonchev–Trinajstić information content (AvgIpc) is 3.29. The molecule has 178 valence electrons. The number of fused-ring (bicyclic) bond motifs is 1. The number of aromatic hydroxyl groups is 1. The van der Waals surface area contributed by atoms with Crippen molar-refractivity contribution in [2.75, 3.05) is 0 Å². The van der Waals surface area contributed by atoms with Crippen molar-refractivity contribution in [3.63, 3.8) is 0 Å². The topological polar surface area (TPSA) is 84.9 Å². The molecule has 0 amide bonds. The van der Waals surface area contributed by atoms with Gasteiger partial charge in [0.1, 0.15) is 11.3 Å². The Balaban J connectivity index is 1.33. The van der Waals surface area contributed by atoms with Gasteiger partial charge < -0.3 is 14.3 Å². The Hall–Kier alpha value is -4.13. The van der Waals surface area contributed by atoms with Crippen LogP contribution in [0.4, 0.5) is 5.69 Å². The molecular formula is C28H18Cl2N2O4. The van der Waals surface area contributed by atoms with Gasteiger partial charge in [-0.25, -0.2) is 9.78 Å². The lowest BCUT2D eigenvalue weighted by atomic mass is 10.1. The number of phenolic OH excluding ortho intramolecular Hbond substituents is 1. The third-order valence-electron chi connectivity index (χ3n) is 5.36. The molecule has 4 aromatic carbocycles. The van der Waals surface area contributed by atoms with Gasteiger partial charge in [-0.3, -0.25) is 4.99 Å². The molecule has 0 radical (unpaired) electrons. The first-order valence-electron chi connectivity index (χ1n) is 10.9. The van der Waals surface area contributed by atoms with Crippen LogP contribution in [0.1, 0.15) is 21.5 Å². The molecule has 8 heteroatoms. The second-order valence-corrected chi connectivity index (χ2v) is 8.88. The SMILES string of the molecule is Cc1ccc2oc(-c3cc(N=Cc4ccc(C(=O)Oc5cc(Cl)ccc5Cl)cc4)ccc3O)nc2c1. The quantitative estimate of drug-likeness (QED) is 0.146. The van der Waals surface area contributed by atoms with Gasteiger partial charge >= 0.3 is 5.97 Å². The van der Waals surface area contributed by atoms with Crippen molar-refractivity contribution >= 4 is 52.2 Å². The zero-order valence-electron chi connectivity index (χ0n) is 18.9. The third-order valence-corrected chi connectivity index (χ3v) is 5.91. The van der Waals surface area contributed by atoms with Gasteiger partial charge in [0, 0.05) is 17.3 Å². The number of aryl methyl sites for hydroxylation is 1. The molecule has 5 rings (SSSR count). The maximum atomic E-state index is 12.5. The lowest BCUT2D eigenvalue weighted by Gasteiger charge is -2.07. The summed E-state index contributed by atoms with van der Waals surface area (Å²) in [5.41, 5.74) is 4.57. The lowest BCUT2D eigenvalue weighted by Crippen LogP contribution is -2.08. The summed E-state index contributed by atoms with van der Waals surface area (Å²) in [6, 6.07) is 22.0. The van der Waals surface area contributed by atoms with Crippen molar-refractivity contribution in [2.45, 2.75) is 6.92 Å². The number of rotatable bonds is 5. The van der Waals surface area contributed by atoms with E-state index in [0.717, 1.165) is 16.6 Å². The number of nitrogens with zero attached hydrogens (tertiary/aromatic N) is 2. The lowest BCUT2D eigenvalue weighted by molar-refractivity contribution is 0.0735. The van der Waals surface area contributed by atoms with E-state index < -0.39 is 5.97 Å². The average molecular weight is 517 g/mol. The van der Waals surface area contributed by atoms with Gasteiger partial charge in [-0.2, -0.15) is 0 Å². The van der Waals surface area contributed by atoms with E-state index in [0.29, 0.717) is 33.3 Å². The van der Waals surface area contributed by atoms with Crippen molar-refractivity contribution in [2.24, 2.45) is 4.99 Å². The molecule has 0 aliphatic rings. The molecule has 0 aliphatic carbocycles. The molecule has 6 nitrogen and oxygen atoms in total. The van der Waals surface area contributed by atoms with Gasteiger partial charge in [-0.15, -0.1) is 0 Å². The second kappa shape index (κ2) is 9.85. The summed E-state index contributed by atoms with van der Waals surface area (Å²) in [5, 5.41) is 11.1. The zero-order valence-corrected chi connectivity index (χ0v) is 20.4. The highest BCUT2D eigenvalue weighted by Crippen LogP contribution is 2.34. The number of aliphatic imine (C=N–C) groups is 1. The minimum absolute atomic E-state index is 0.0416. The van der Waals surface area contributed by atoms with Crippen LogP contribution in [-0.2, 0) is 0 Å². The Bertz CT molecular complexity index is 1630. The van der Waals surface area contributed by atoms with Gasteiger partial charge in [0.2, 0.25) is 5.89 Å². The fourth-order valence-corrected chi connectivity index (χ4v) is 3.82. The zero-order chi connectivity index (χ0) is 25.2. The summed E-state index contributed by atoms with van der Waals surface area (Å²) in [6.07, 6.45) is 1.65. The number of carbonyl (C=O) groups is 1. The smallest absolute Gasteiger partial charge is 0.343 e. The summed E-state index contributed by atoms with van der Waals surface area (Å²) in [4.78, 5) is 21.4. The largest absolute Gasteiger partial charge is 0.507 e. The van der Waals surface area contributed by atoms with E-state index in [1.807, 2.05) is 25.1 Å². The summed E-state index contributed by atoms with van der Waals surface area (Å²) in [7, 11) is 0. The first kappa shape index (κ1) is 23.6. The van der Waals surface area contributed by atoms with Crippen LogP contribution in [0.5, 0.6) is 11.5 Å². The number of esters is 1. The van der Waals surface area contributed by atoms with Crippen LogP contribution in [0.25, 0.3) is 22.6 Å². The predicted octanol–water partition coefficient (Wildman–Crippen LogP) is 7.79. The molecule has 1 heterocycles. The minimum atomic E-state index is -0.556. The summed E-state index contributed by atoms with van der Waals surface area (Å²) < 4.78 is 11.2. The van der Waals surface area contributed by atoms with Crippen LogP contribution < -0.4 is 4.74 Å². The normalized spacial score (nSPS) is 11.3. The predicted molar refractivity (Wildman–Crippen MR) is 141 cm³/mol. The van der Waals surface area contributed by atoms with E-state index >= 15 is 0 Å². The number of aromatic nitrogens is 1. The van der Waals surface area contributed by atoms with Crippen molar-refractivity contribution in [1.29, 1.82) is 0 Å². The Morgan fingerprint density at radius 1 is 1.00 bits per heavy atom. The highest BCUT2D eigenvalue weighted by atomic mass is 35.5. The first-order chi connectivity index (χ1) is 17.4. The summed E-state index contributed by atoms with van der Waals surface area (Å²) in [5.74, 6) is -0.0101. The Labute approximate surface area is 216 Å². The molecule has 0 atom stereocenters. The minimum Gasteiger partial charge on any atom is -0.507 e. The Morgan fingerprint density at radius 2 is 1.81 bits per heavy atom. The van der Waals surface area contributed by atoms with Crippen LogP contribution in [-0.4, -0.2) is 22.3 Å². The number of carbonyl (C=O) groups excluding carboxylic acids is 1. The third kappa shape index (κ3) is 5.10. The van der Waals surface area contributed by atoms with E-state index in [9.17, 15) is 9.90 Å². The monoisotopic (exact) mass is 516 g/mol. The molecule has 0 unspecified atom stereocenters. The Morgan fingerprint density at radius 3 is 2.61 bits per heavy atom. The first-order valence-corrected chi connectivity index (χ1v) is 11.6. The highest BCUT2D eigenvalue weighted by molar-refractivity contribution is 6.34. The molecular weight excluding hydrogens is 499 g/mol. The molecule has 1 aromatic heterocycles. The number of hydrogen-bond acceptors (Lipinski definition) is 6. The van der Waals surface area contributed by atoms with Crippen LogP contribution in [0.2, 0.25) is 10.0 Å². The maximum Gasteiger partial charge on any atom is 0.343 e. The molecule has 0 aliphatic heterocycles. The van der Waals surface area contributed by atoms with E-state index in [-0.39, 0.29) is 16.5 Å². The van der Waals surface area contributed by atoms with Crippen LogP contribution >= 0.6 is 23.2 Å². The van der Waals surface area contributed by atoms with Crippen LogP contribution in [0, 0.1) is 6.92 Å². The number of phenols is 1. The number of halogens is 2. The fourth-order valence-electron chi connectivity index (χ4n) is 3.50. The van der Waals surface area contributed by atoms with Gasteiger partial charge in [-0.1, -0.05) is 41.4 Å². The molecule has 0 saturated heterocycles. The second-order valence-electron chi connectivity index (χ2n) is 8.04. The summed E-state index contributed by atoms with van der Waals surface area (Å²) >= 11 is 12.0. The standard InChI is InChI=1S/C28H18Cl2N2O4/c1-16-2-11-25-23(12-16)32-27(35-25)21-14-20(8-10-24(21)33)31-15-17-3-5-18(6-4-17)28(34)36-26-13-19(29)7-9-22(26)30/h2-15,33H,1H3. The van der Waals surface area contributed by atoms with Gasteiger partial charge in [0.25, 0.3) is 0 Å². The Kier molecular flexibility index (Phi) is 6.46. The van der Waals surface area contributed by atoms with E-state index in [1.165, 1.54) is 6.07 Å². The van der Waals surface area contributed by atoms with E-state index in [1.54, 1.807) is 60.8 Å². The molecule has 1 N–H and O–H groups in total. The molecule has 5 aromatic rings. The molecule has 36 heavy (non-hydrogen) atoms. The molecule has 0 saturated carbocycles. The van der Waals surface area contributed by atoms with Crippen molar-refractivity contribution in [1.82, 2.24) is 4.98 Å². The molecule has 0 spiro atoms. The van der Waals surface area contributed by atoms with E-state index in [2.05, 4.69) is 9.98 Å². The van der Waals surface area contributed by atoms with Gasteiger partial charge in [0.15, 0.2) is 11.3 Å². The number of ether oxygens (including phenoxy) is 1. The molecule has 0 bridgehead atoms. The highest BCUT2D eigenvalue weighted by Gasteiger charge is 2.14. The summed E-state index contributed by atoms with van der Waals surface area (Å²) in [6.45, 7) is 1.98. The number of hydrogen-bond donors (Lipinski definition) is 1. The van der Waals surface area contributed by atoms with Crippen LogP contribution in [0.15, 0.2) is 88.3 Å². The number of benzene rings is 4. The van der Waals surface area contributed by atoms with Crippen molar-refractivity contribution < 1.29 is 19.1 Å². The van der Waals surface area contributed by atoms with Crippen molar-refractivity contribution in [3.05, 3.63) is 106 Å². The van der Waals surface area contributed by atoms with E-state index in [4.69, 9.17) is 32.4 Å².